The quantitative estimate of drug-likeness (QED) is 0.847. The van der Waals surface area contributed by atoms with Gasteiger partial charge in [0, 0.05) is 42.3 Å². The molecule has 1 unspecified atom stereocenters. The zero-order valence-corrected chi connectivity index (χ0v) is 15.7. The lowest BCUT2D eigenvalue weighted by atomic mass is 9.95. The van der Waals surface area contributed by atoms with Crippen molar-refractivity contribution in [3.8, 4) is 11.5 Å². The van der Waals surface area contributed by atoms with Crippen molar-refractivity contribution in [2.24, 2.45) is 0 Å². The third-order valence-electron chi connectivity index (χ3n) is 4.44. The summed E-state index contributed by atoms with van der Waals surface area (Å²) in [7, 11) is 3.39. The van der Waals surface area contributed by atoms with Crippen LogP contribution in [0, 0.1) is 0 Å². The average Bonchev–Trinajstić information content (AvgIpc) is 2.64. The van der Waals surface area contributed by atoms with Crippen molar-refractivity contribution < 1.29 is 9.47 Å². The van der Waals surface area contributed by atoms with E-state index in [2.05, 4.69) is 56.5 Å². The van der Waals surface area contributed by atoms with E-state index in [0.717, 1.165) is 42.2 Å². The van der Waals surface area contributed by atoms with Gasteiger partial charge in [-0.25, -0.2) is 0 Å². The minimum atomic E-state index is 0.168. The lowest BCUT2D eigenvalue weighted by Crippen LogP contribution is -2.45. The van der Waals surface area contributed by atoms with Crippen LogP contribution in [-0.4, -0.2) is 45.3 Å². The highest BCUT2D eigenvalue weighted by Gasteiger charge is 2.26. The van der Waals surface area contributed by atoms with Crippen LogP contribution in [0.5, 0.6) is 11.5 Å². The van der Waals surface area contributed by atoms with Crippen molar-refractivity contribution >= 4 is 15.9 Å². The Bertz CT molecular complexity index is 670. The number of methoxy groups -OCH3 is 2. The molecule has 1 atom stereocenters. The number of hydrogen-bond donors (Lipinski definition) is 1. The van der Waals surface area contributed by atoms with E-state index in [1.807, 2.05) is 12.1 Å². The minimum Gasteiger partial charge on any atom is -0.497 e. The van der Waals surface area contributed by atoms with Gasteiger partial charge in [-0.15, -0.1) is 0 Å². The van der Waals surface area contributed by atoms with Gasteiger partial charge in [0.05, 0.1) is 20.3 Å². The lowest BCUT2D eigenvalue weighted by molar-refractivity contribution is 0.195. The van der Waals surface area contributed by atoms with E-state index in [0.29, 0.717) is 0 Å². The minimum absolute atomic E-state index is 0.168. The molecule has 4 nitrogen and oxygen atoms in total. The summed E-state index contributed by atoms with van der Waals surface area (Å²) in [6.07, 6.45) is 0. The first-order chi connectivity index (χ1) is 11.7. The average molecular weight is 391 g/mol. The molecule has 2 aromatic rings. The highest BCUT2D eigenvalue weighted by molar-refractivity contribution is 9.10. The molecule has 0 radical (unpaired) electrons. The van der Waals surface area contributed by atoms with Crippen LogP contribution in [0.1, 0.15) is 17.2 Å². The zero-order valence-electron chi connectivity index (χ0n) is 14.1. The second kappa shape index (κ2) is 8.01. The number of rotatable bonds is 5. The fourth-order valence-corrected chi connectivity index (χ4v) is 3.48. The summed E-state index contributed by atoms with van der Waals surface area (Å²) in [6, 6.07) is 14.8. The third-order valence-corrected chi connectivity index (χ3v) is 4.97. The highest BCUT2D eigenvalue weighted by Crippen LogP contribution is 2.37. The summed E-state index contributed by atoms with van der Waals surface area (Å²) in [5.41, 5.74) is 2.44. The monoisotopic (exact) mass is 390 g/mol. The maximum absolute atomic E-state index is 5.67. The van der Waals surface area contributed by atoms with Crippen LogP contribution in [-0.2, 0) is 0 Å². The standard InChI is InChI=1S/C19H23BrN2O2/c1-23-16-7-8-17(18(13-16)24-2)19(22-11-9-21-10-12-22)14-3-5-15(20)6-4-14/h3-8,13,19,21H,9-12H2,1-2H3. The molecule has 0 aromatic heterocycles. The van der Waals surface area contributed by atoms with Crippen molar-refractivity contribution in [2.45, 2.75) is 6.04 Å². The molecular formula is C19H23BrN2O2. The summed E-state index contributed by atoms with van der Waals surface area (Å²) in [6.45, 7) is 4.03. The molecule has 1 aliphatic rings. The smallest absolute Gasteiger partial charge is 0.127 e. The van der Waals surface area contributed by atoms with Gasteiger partial charge in [-0.1, -0.05) is 28.1 Å². The Morgan fingerprint density at radius 1 is 1.00 bits per heavy atom. The van der Waals surface area contributed by atoms with Gasteiger partial charge in [0.2, 0.25) is 0 Å². The van der Waals surface area contributed by atoms with Gasteiger partial charge < -0.3 is 14.8 Å². The normalized spacial score (nSPS) is 16.6. The Balaban J connectivity index is 2.05. The first-order valence-corrected chi connectivity index (χ1v) is 8.94. The molecule has 0 spiro atoms. The summed E-state index contributed by atoms with van der Waals surface area (Å²) in [4.78, 5) is 2.50. The van der Waals surface area contributed by atoms with Crippen molar-refractivity contribution in [1.29, 1.82) is 0 Å². The Morgan fingerprint density at radius 2 is 1.71 bits per heavy atom. The van der Waals surface area contributed by atoms with Gasteiger partial charge in [-0.2, -0.15) is 0 Å². The third kappa shape index (κ3) is 3.74. The fourth-order valence-electron chi connectivity index (χ4n) is 3.22. The van der Waals surface area contributed by atoms with Crippen LogP contribution in [0.2, 0.25) is 0 Å². The first-order valence-electron chi connectivity index (χ1n) is 8.15. The number of piperazine rings is 1. The molecular weight excluding hydrogens is 368 g/mol. The van der Waals surface area contributed by atoms with Crippen LogP contribution in [0.15, 0.2) is 46.9 Å². The van der Waals surface area contributed by atoms with Crippen LogP contribution in [0.25, 0.3) is 0 Å². The second-order valence-corrected chi connectivity index (χ2v) is 6.76. The van der Waals surface area contributed by atoms with E-state index in [4.69, 9.17) is 9.47 Å². The molecule has 1 fully saturated rings. The highest BCUT2D eigenvalue weighted by atomic mass is 79.9. The van der Waals surface area contributed by atoms with Gasteiger partial charge >= 0.3 is 0 Å². The van der Waals surface area contributed by atoms with Gasteiger partial charge in [0.25, 0.3) is 0 Å². The Morgan fingerprint density at radius 3 is 2.33 bits per heavy atom. The zero-order chi connectivity index (χ0) is 16.9. The number of ether oxygens (including phenoxy) is 2. The van der Waals surface area contributed by atoms with E-state index in [1.54, 1.807) is 14.2 Å². The summed E-state index contributed by atoms with van der Waals surface area (Å²) in [5.74, 6) is 1.67. The van der Waals surface area contributed by atoms with E-state index in [-0.39, 0.29) is 6.04 Å². The van der Waals surface area contributed by atoms with E-state index in [9.17, 15) is 0 Å². The summed E-state index contributed by atoms with van der Waals surface area (Å²) in [5, 5.41) is 3.43. The predicted octanol–water partition coefficient (Wildman–Crippen LogP) is 3.46. The van der Waals surface area contributed by atoms with Crippen LogP contribution < -0.4 is 14.8 Å². The van der Waals surface area contributed by atoms with Crippen molar-refractivity contribution in [3.05, 3.63) is 58.1 Å². The van der Waals surface area contributed by atoms with Crippen LogP contribution in [0.3, 0.4) is 0 Å². The number of nitrogens with zero attached hydrogens (tertiary/aromatic N) is 1. The molecule has 1 aliphatic heterocycles. The Kier molecular flexibility index (Phi) is 5.76. The maximum atomic E-state index is 5.67. The van der Waals surface area contributed by atoms with E-state index >= 15 is 0 Å². The molecule has 3 rings (SSSR count). The van der Waals surface area contributed by atoms with Crippen molar-refractivity contribution in [3.63, 3.8) is 0 Å². The molecule has 128 valence electrons. The molecule has 1 heterocycles. The topological polar surface area (TPSA) is 33.7 Å². The first kappa shape index (κ1) is 17.3. The molecule has 24 heavy (non-hydrogen) atoms. The Labute approximate surface area is 151 Å². The maximum Gasteiger partial charge on any atom is 0.127 e. The second-order valence-electron chi connectivity index (χ2n) is 5.85. The molecule has 1 saturated heterocycles. The SMILES string of the molecule is COc1ccc(C(c2ccc(Br)cc2)N2CCNCC2)c(OC)c1. The van der Waals surface area contributed by atoms with Gasteiger partial charge in [0.15, 0.2) is 0 Å². The summed E-state index contributed by atoms with van der Waals surface area (Å²) < 4.78 is 12.1. The molecule has 5 heteroatoms. The van der Waals surface area contributed by atoms with Crippen LogP contribution >= 0.6 is 15.9 Å². The molecule has 0 aliphatic carbocycles. The Hall–Kier alpha value is -1.56. The largest absolute Gasteiger partial charge is 0.497 e. The van der Waals surface area contributed by atoms with Gasteiger partial charge in [-0.3, -0.25) is 4.90 Å². The molecule has 0 saturated carbocycles. The molecule has 2 aromatic carbocycles. The lowest BCUT2D eigenvalue weighted by Gasteiger charge is -2.36. The number of benzene rings is 2. The van der Waals surface area contributed by atoms with Crippen LogP contribution in [0.4, 0.5) is 0 Å². The number of hydrogen-bond acceptors (Lipinski definition) is 4. The molecule has 1 N–H and O–H groups in total. The van der Waals surface area contributed by atoms with Gasteiger partial charge in [-0.05, 0) is 29.8 Å². The van der Waals surface area contributed by atoms with Gasteiger partial charge in [0.1, 0.15) is 11.5 Å². The predicted molar refractivity (Wildman–Crippen MR) is 100.0 cm³/mol. The molecule has 0 amide bonds. The number of halogens is 1. The summed E-state index contributed by atoms with van der Waals surface area (Å²) >= 11 is 3.53. The van der Waals surface area contributed by atoms with Crippen molar-refractivity contribution in [2.75, 3.05) is 40.4 Å². The fraction of sp³-hybridized carbons (Fsp3) is 0.368. The van der Waals surface area contributed by atoms with E-state index in [1.165, 1.54) is 11.1 Å². The van der Waals surface area contributed by atoms with E-state index < -0.39 is 0 Å². The van der Waals surface area contributed by atoms with Crippen molar-refractivity contribution in [1.82, 2.24) is 10.2 Å². The molecule has 0 bridgehead atoms. The number of nitrogens with one attached hydrogen (secondary N) is 1.